The first-order valence-corrected chi connectivity index (χ1v) is 6.75. The van der Waals surface area contributed by atoms with Crippen molar-refractivity contribution in [3.8, 4) is 0 Å². The Hall–Kier alpha value is -2.36. The number of carbonyl (C=O) groups excluding carboxylic acids is 1. The minimum Gasteiger partial charge on any atom is -0.378 e. The van der Waals surface area contributed by atoms with Crippen LogP contribution in [0, 0.1) is 5.82 Å². The predicted octanol–water partition coefficient (Wildman–Crippen LogP) is 3.16. The number of hydrogen-bond acceptors (Lipinski definition) is 2. The van der Waals surface area contributed by atoms with Crippen molar-refractivity contribution in [3.05, 3.63) is 65.5 Å². The third-order valence-corrected chi connectivity index (χ3v) is 3.32. The fourth-order valence-electron chi connectivity index (χ4n) is 2.09. The van der Waals surface area contributed by atoms with Gasteiger partial charge in [0.2, 0.25) is 0 Å². The Labute approximate surface area is 124 Å². The quantitative estimate of drug-likeness (QED) is 0.862. The van der Waals surface area contributed by atoms with Crippen LogP contribution >= 0.6 is 0 Å². The highest BCUT2D eigenvalue weighted by Crippen LogP contribution is 2.16. The Morgan fingerprint density at radius 3 is 2.43 bits per heavy atom. The fourth-order valence-corrected chi connectivity index (χ4v) is 2.09. The van der Waals surface area contributed by atoms with E-state index in [1.165, 1.54) is 11.0 Å². The summed E-state index contributed by atoms with van der Waals surface area (Å²) in [7, 11) is 5.52. The van der Waals surface area contributed by atoms with Crippen LogP contribution in [0.5, 0.6) is 0 Å². The molecule has 21 heavy (non-hydrogen) atoms. The van der Waals surface area contributed by atoms with Gasteiger partial charge >= 0.3 is 0 Å². The summed E-state index contributed by atoms with van der Waals surface area (Å²) in [6, 6.07) is 13.9. The second-order valence-corrected chi connectivity index (χ2v) is 5.20. The summed E-state index contributed by atoms with van der Waals surface area (Å²) in [4.78, 5) is 15.9. The van der Waals surface area contributed by atoms with Crippen molar-refractivity contribution >= 4 is 11.6 Å². The van der Waals surface area contributed by atoms with Crippen molar-refractivity contribution in [3.63, 3.8) is 0 Å². The molecule has 2 aromatic carbocycles. The summed E-state index contributed by atoms with van der Waals surface area (Å²) in [5.74, 6) is -0.416. The second-order valence-electron chi connectivity index (χ2n) is 5.20. The molecule has 0 heterocycles. The zero-order valence-electron chi connectivity index (χ0n) is 12.5. The number of carbonyl (C=O) groups is 1. The molecule has 0 aliphatic carbocycles. The van der Waals surface area contributed by atoms with E-state index in [-0.39, 0.29) is 18.3 Å². The molecule has 0 aromatic heterocycles. The molecule has 110 valence electrons. The van der Waals surface area contributed by atoms with Crippen molar-refractivity contribution in [1.82, 2.24) is 4.90 Å². The van der Waals surface area contributed by atoms with Crippen LogP contribution in [-0.4, -0.2) is 32.0 Å². The molecule has 1 amide bonds. The van der Waals surface area contributed by atoms with E-state index >= 15 is 0 Å². The summed E-state index contributed by atoms with van der Waals surface area (Å²) in [5, 5.41) is 0. The zero-order chi connectivity index (χ0) is 15.4. The van der Waals surface area contributed by atoms with Gasteiger partial charge in [-0.05, 0) is 24.3 Å². The van der Waals surface area contributed by atoms with Gasteiger partial charge in [-0.25, -0.2) is 4.39 Å². The molecule has 0 spiro atoms. The molecule has 0 saturated carbocycles. The molecule has 0 aliphatic heterocycles. The van der Waals surface area contributed by atoms with Crippen LogP contribution in [0.15, 0.2) is 48.5 Å². The monoisotopic (exact) mass is 286 g/mol. The molecule has 0 atom stereocenters. The van der Waals surface area contributed by atoms with Crippen molar-refractivity contribution in [2.24, 2.45) is 0 Å². The smallest absolute Gasteiger partial charge is 0.253 e. The van der Waals surface area contributed by atoms with E-state index in [1.54, 1.807) is 31.3 Å². The number of rotatable bonds is 4. The first-order valence-electron chi connectivity index (χ1n) is 6.75. The van der Waals surface area contributed by atoms with E-state index in [9.17, 15) is 9.18 Å². The number of nitrogens with zero attached hydrogens (tertiary/aromatic N) is 2. The van der Waals surface area contributed by atoms with E-state index in [0.717, 1.165) is 5.69 Å². The van der Waals surface area contributed by atoms with Crippen LogP contribution in [0.1, 0.15) is 15.9 Å². The van der Waals surface area contributed by atoms with Gasteiger partial charge in [-0.2, -0.15) is 0 Å². The predicted molar refractivity (Wildman–Crippen MR) is 83.0 cm³/mol. The molecule has 0 fully saturated rings. The van der Waals surface area contributed by atoms with Crippen LogP contribution in [0.4, 0.5) is 10.1 Å². The lowest BCUT2D eigenvalue weighted by Gasteiger charge is -2.19. The molecule has 0 unspecified atom stereocenters. The average molecular weight is 286 g/mol. The SMILES string of the molecule is CN(Cc1ccccc1F)C(=O)c1cccc(N(C)C)c1. The van der Waals surface area contributed by atoms with Crippen molar-refractivity contribution < 1.29 is 9.18 Å². The first kappa shape index (κ1) is 15.0. The van der Waals surface area contributed by atoms with Crippen LogP contribution in [0.25, 0.3) is 0 Å². The van der Waals surface area contributed by atoms with Gasteiger partial charge in [0.05, 0.1) is 0 Å². The standard InChI is InChI=1S/C17H19FN2O/c1-19(2)15-9-6-8-13(11-15)17(21)20(3)12-14-7-4-5-10-16(14)18/h4-11H,12H2,1-3H3. The fraction of sp³-hybridized carbons (Fsp3) is 0.235. The summed E-state index contributed by atoms with van der Waals surface area (Å²) in [5.41, 5.74) is 2.07. The first-order chi connectivity index (χ1) is 9.99. The lowest BCUT2D eigenvalue weighted by molar-refractivity contribution is 0.0784. The highest BCUT2D eigenvalue weighted by molar-refractivity contribution is 5.95. The molecule has 0 saturated heterocycles. The van der Waals surface area contributed by atoms with Crippen LogP contribution in [0.2, 0.25) is 0 Å². The molecule has 0 radical (unpaired) electrons. The summed E-state index contributed by atoms with van der Waals surface area (Å²) < 4.78 is 13.6. The van der Waals surface area contributed by atoms with Gasteiger partial charge < -0.3 is 9.80 Å². The van der Waals surface area contributed by atoms with Gasteiger partial charge in [0.25, 0.3) is 5.91 Å². The Bertz CT molecular complexity index is 640. The molecule has 4 heteroatoms. The molecule has 0 N–H and O–H groups in total. The highest BCUT2D eigenvalue weighted by atomic mass is 19.1. The van der Waals surface area contributed by atoms with E-state index in [4.69, 9.17) is 0 Å². The topological polar surface area (TPSA) is 23.6 Å². The van der Waals surface area contributed by atoms with E-state index in [1.807, 2.05) is 37.2 Å². The van der Waals surface area contributed by atoms with Gasteiger partial charge in [0.1, 0.15) is 5.82 Å². The molecule has 2 aromatic rings. The van der Waals surface area contributed by atoms with Crippen LogP contribution < -0.4 is 4.90 Å². The van der Waals surface area contributed by atoms with Crippen LogP contribution in [0.3, 0.4) is 0 Å². The van der Waals surface area contributed by atoms with Gasteiger partial charge in [-0.15, -0.1) is 0 Å². The third-order valence-electron chi connectivity index (χ3n) is 3.32. The third kappa shape index (κ3) is 3.60. The van der Waals surface area contributed by atoms with Gasteiger partial charge in [-0.3, -0.25) is 4.79 Å². The van der Waals surface area contributed by atoms with Crippen molar-refractivity contribution in [1.29, 1.82) is 0 Å². The Morgan fingerprint density at radius 2 is 1.76 bits per heavy atom. The summed E-state index contributed by atoms with van der Waals surface area (Å²) in [6.07, 6.45) is 0. The Kier molecular flexibility index (Phi) is 4.58. The van der Waals surface area contributed by atoms with Gasteiger partial charge in [-0.1, -0.05) is 24.3 Å². The maximum atomic E-state index is 13.6. The van der Waals surface area contributed by atoms with E-state index < -0.39 is 0 Å². The van der Waals surface area contributed by atoms with Crippen molar-refractivity contribution in [2.45, 2.75) is 6.54 Å². The lowest BCUT2D eigenvalue weighted by atomic mass is 10.1. The van der Waals surface area contributed by atoms with E-state index in [0.29, 0.717) is 11.1 Å². The maximum Gasteiger partial charge on any atom is 0.253 e. The largest absolute Gasteiger partial charge is 0.378 e. The van der Waals surface area contributed by atoms with E-state index in [2.05, 4.69) is 0 Å². The lowest BCUT2D eigenvalue weighted by Crippen LogP contribution is -2.26. The van der Waals surface area contributed by atoms with Crippen molar-refractivity contribution in [2.75, 3.05) is 26.0 Å². The maximum absolute atomic E-state index is 13.6. The number of halogens is 1. The van der Waals surface area contributed by atoms with Gasteiger partial charge in [0, 0.05) is 44.5 Å². The summed E-state index contributed by atoms with van der Waals surface area (Å²) >= 11 is 0. The highest BCUT2D eigenvalue weighted by Gasteiger charge is 2.14. The molecule has 3 nitrogen and oxygen atoms in total. The number of amides is 1. The minimum absolute atomic E-state index is 0.123. The molecule has 2 rings (SSSR count). The molecule has 0 bridgehead atoms. The number of anilines is 1. The summed E-state index contributed by atoms with van der Waals surface area (Å²) in [6.45, 7) is 0.248. The van der Waals surface area contributed by atoms with Crippen LogP contribution in [-0.2, 0) is 6.54 Å². The number of benzene rings is 2. The Balaban J connectivity index is 2.16. The Morgan fingerprint density at radius 1 is 1.05 bits per heavy atom. The zero-order valence-corrected chi connectivity index (χ0v) is 12.5. The second kappa shape index (κ2) is 6.39. The number of hydrogen-bond donors (Lipinski definition) is 0. The average Bonchev–Trinajstić information content (AvgIpc) is 2.49. The minimum atomic E-state index is -0.292. The normalized spacial score (nSPS) is 10.3. The molecular weight excluding hydrogens is 267 g/mol. The molecular formula is C17H19FN2O. The molecule has 0 aliphatic rings. The van der Waals surface area contributed by atoms with Gasteiger partial charge in [0.15, 0.2) is 0 Å².